The van der Waals surface area contributed by atoms with Crippen molar-refractivity contribution in [2.45, 2.75) is 72.3 Å². The third-order valence-electron chi connectivity index (χ3n) is 5.50. The lowest BCUT2D eigenvalue weighted by Gasteiger charge is -2.31. The van der Waals surface area contributed by atoms with Crippen molar-refractivity contribution >= 4 is 18.2 Å². The number of carbonyl (C=O) groups is 3. The highest BCUT2D eigenvalue weighted by Crippen LogP contribution is 2.09. The van der Waals surface area contributed by atoms with Gasteiger partial charge in [-0.05, 0) is 33.6 Å². The van der Waals surface area contributed by atoms with E-state index in [1.54, 1.807) is 9.80 Å². The van der Waals surface area contributed by atoms with Crippen LogP contribution >= 0.6 is 0 Å². The first kappa shape index (κ1) is 31.0. The van der Waals surface area contributed by atoms with Gasteiger partial charge in [0.25, 0.3) is 0 Å². The molecule has 1 saturated heterocycles. The summed E-state index contributed by atoms with van der Waals surface area (Å²) in [5.74, 6) is -0.264. The van der Waals surface area contributed by atoms with Crippen LogP contribution in [0.4, 0.5) is 9.59 Å². The zero-order chi connectivity index (χ0) is 26.1. The van der Waals surface area contributed by atoms with E-state index in [1.165, 1.54) is 0 Å². The van der Waals surface area contributed by atoms with Gasteiger partial charge in [0.15, 0.2) is 0 Å². The van der Waals surface area contributed by atoms with E-state index in [1.807, 2.05) is 20.8 Å². The summed E-state index contributed by atoms with van der Waals surface area (Å²) in [6.45, 7) is 15.2. The minimum absolute atomic E-state index is 0.237. The van der Waals surface area contributed by atoms with E-state index < -0.39 is 5.60 Å². The maximum atomic E-state index is 12.6. The summed E-state index contributed by atoms with van der Waals surface area (Å²) in [6.07, 6.45) is 3.21. The number of hydrogen-bond donors (Lipinski definition) is 1. The molecule has 0 unspecified atom stereocenters. The maximum absolute atomic E-state index is 12.6. The molecule has 0 atom stereocenters. The molecule has 2 amide bonds. The number of amides is 2. The molecule has 0 aromatic heterocycles. The van der Waals surface area contributed by atoms with E-state index >= 15 is 0 Å². The van der Waals surface area contributed by atoms with Crippen LogP contribution in [0.3, 0.4) is 0 Å². The molecular weight excluding hydrogens is 452 g/mol. The number of hydrogen-bond acceptors (Lipinski definition) is 8. The minimum atomic E-state index is -0.538. The summed E-state index contributed by atoms with van der Waals surface area (Å²) in [6, 6.07) is 0. The zero-order valence-corrected chi connectivity index (χ0v) is 22.6. The molecule has 204 valence electrons. The second-order valence-electron chi connectivity index (χ2n) is 9.84. The van der Waals surface area contributed by atoms with E-state index in [2.05, 4.69) is 24.1 Å². The Labute approximate surface area is 211 Å². The van der Waals surface area contributed by atoms with Gasteiger partial charge in [0.2, 0.25) is 0 Å². The van der Waals surface area contributed by atoms with E-state index in [9.17, 15) is 14.4 Å². The fourth-order valence-electron chi connectivity index (χ4n) is 3.43. The van der Waals surface area contributed by atoms with Gasteiger partial charge in [0.05, 0.1) is 19.6 Å². The zero-order valence-electron chi connectivity index (χ0n) is 22.6. The van der Waals surface area contributed by atoms with Crippen molar-refractivity contribution in [1.29, 1.82) is 0 Å². The van der Waals surface area contributed by atoms with Gasteiger partial charge in [-0.15, -0.1) is 0 Å². The molecule has 0 aromatic rings. The molecule has 0 radical (unpaired) electrons. The standard InChI is InChI=1S/C25H48N4O6/c1-6-8-20-33-23(31)28-14-11-26-12-15-29(24(32)34-21-9-7-2)19-17-27(16-18-28)13-10-22(30)35-25(3,4)5/h26H,6-21H2,1-5H3. The largest absolute Gasteiger partial charge is 0.460 e. The van der Waals surface area contributed by atoms with Crippen LogP contribution in [-0.2, 0) is 19.0 Å². The van der Waals surface area contributed by atoms with Crippen LogP contribution in [0.25, 0.3) is 0 Å². The normalized spacial score (nSPS) is 16.7. The molecule has 1 aliphatic rings. The third-order valence-corrected chi connectivity index (χ3v) is 5.50. The second kappa shape index (κ2) is 17.4. The van der Waals surface area contributed by atoms with E-state index in [-0.39, 0.29) is 24.6 Å². The number of esters is 1. The molecule has 1 fully saturated rings. The lowest BCUT2D eigenvalue weighted by Crippen LogP contribution is -2.48. The smallest absolute Gasteiger partial charge is 0.409 e. The van der Waals surface area contributed by atoms with Crippen molar-refractivity contribution in [3.63, 3.8) is 0 Å². The lowest BCUT2D eigenvalue weighted by molar-refractivity contribution is -0.155. The molecule has 10 heteroatoms. The van der Waals surface area contributed by atoms with Crippen LogP contribution in [-0.4, -0.2) is 111 Å². The first-order valence-corrected chi connectivity index (χ1v) is 13.1. The van der Waals surface area contributed by atoms with Gasteiger partial charge in [-0.25, -0.2) is 9.59 Å². The highest BCUT2D eigenvalue weighted by molar-refractivity contribution is 5.70. The molecule has 1 N–H and O–H groups in total. The van der Waals surface area contributed by atoms with Crippen LogP contribution in [0.1, 0.15) is 66.7 Å². The Morgan fingerprint density at radius 2 is 1.26 bits per heavy atom. The Hall–Kier alpha value is -2.07. The van der Waals surface area contributed by atoms with Crippen molar-refractivity contribution in [3.8, 4) is 0 Å². The SMILES string of the molecule is CCCCOC(=O)N1CCNCCN(C(=O)OCCCC)CCN(CCC(=O)OC(C)(C)C)CC1. The van der Waals surface area contributed by atoms with Crippen molar-refractivity contribution in [3.05, 3.63) is 0 Å². The van der Waals surface area contributed by atoms with Crippen molar-refractivity contribution in [2.75, 3.05) is 72.1 Å². The van der Waals surface area contributed by atoms with Gasteiger partial charge in [0, 0.05) is 58.9 Å². The quantitative estimate of drug-likeness (QED) is 0.293. The van der Waals surface area contributed by atoms with Gasteiger partial charge in [-0.2, -0.15) is 0 Å². The predicted molar refractivity (Wildman–Crippen MR) is 135 cm³/mol. The number of rotatable bonds is 9. The Kier molecular flexibility index (Phi) is 15.4. The van der Waals surface area contributed by atoms with E-state index in [0.717, 1.165) is 25.7 Å². The second-order valence-corrected chi connectivity index (χ2v) is 9.84. The lowest BCUT2D eigenvalue weighted by atomic mass is 10.2. The molecular formula is C25H48N4O6. The molecule has 0 aliphatic carbocycles. The number of carbonyl (C=O) groups excluding carboxylic acids is 3. The monoisotopic (exact) mass is 500 g/mol. The summed E-state index contributed by atoms with van der Waals surface area (Å²) in [7, 11) is 0. The fourth-order valence-corrected chi connectivity index (χ4v) is 3.43. The van der Waals surface area contributed by atoms with Crippen LogP contribution in [0.5, 0.6) is 0 Å². The molecule has 10 nitrogen and oxygen atoms in total. The predicted octanol–water partition coefficient (Wildman–Crippen LogP) is 3.10. The average molecular weight is 501 g/mol. The summed E-state index contributed by atoms with van der Waals surface area (Å²) >= 11 is 0. The topological polar surface area (TPSA) is 101 Å². The fraction of sp³-hybridized carbons (Fsp3) is 0.880. The van der Waals surface area contributed by atoms with Gasteiger partial charge in [-0.3, -0.25) is 9.69 Å². The van der Waals surface area contributed by atoms with E-state index in [4.69, 9.17) is 14.2 Å². The summed E-state index contributed by atoms with van der Waals surface area (Å²) in [5.41, 5.74) is -0.538. The van der Waals surface area contributed by atoms with Crippen LogP contribution < -0.4 is 5.32 Å². The van der Waals surface area contributed by atoms with Gasteiger partial charge < -0.3 is 29.3 Å². The van der Waals surface area contributed by atoms with Crippen molar-refractivity contribution in [1.82, 2.24) is 20.0 Å². The summed E-state index contributed by atoms with van der Waals surface area (Å²) in [5, 5.41) is 3.31. The van der Waals surface area contributed by atoms with Gasteiger partial charge in [-0.1, -0.05) is 26.7 Å². The maximum Gasteiger partial charge on any atom is 0.409 e. The molecule has 0 aromatic carbocycles. The summed E-state index contributed by atoms with van der Waals surface area (Å²) < 4.78 is 16.3. The van der Waals surface area contributed by atoms with Gasteiger partial charge in [0.1, 0.15) is 5.60 Å². The molecule has 35 heavy (non-hydrogen) atoms. The van der Waals surface area contributed by atoms with Crippen molar-refractivity contribution in [2.24, 2.45) is 0 Å². The Balaban J connectivity index is 2.81. The van der Waals surface area contributed by atoms with Crippen LogP contribution in [0.15, 0.2) is 0 Å². The first-order chi connectivity index (χ1) is 16.7. The highest BCUT2D eigenvalue weighted by atomic mass is 16.6. The Bertz CT molecular complexity index is 590. The van der Waals surface area contributed by atoms with Crippen LogP contribution in [0, 0.1) is 0 Å². The van der Waals surface area contributed by atoms with Crippen LogP contribution in [0.2, 0.25) is 0 Å². The number of nitrogens with zero attached hydrogens (tertiary/aromatic N) is 3. The van der Waals surface area contributed by atoms with Crippen molar-refractivity contribution < 1.29 is 28.6 Å². The molecule has 0 saturated carbocycles. The average Bonchev–Trinajstić information content (AvgIpc) is 2.77. The van der Waals surface area contributed by atoms with Gasteiger partial charge >= 0.3 is 18.2 Å². The first-order valence-electron chi connectivity index (χ1n) is 13.1. The molecule has 1 heterocycles. The third kappa shape index (κ3) is 14.8. The minimum Gasteiger partial charge on any atom is -0.460 e. The Morgan fingerprint density at radius 3 is 1.69 bits per heavy atom. The molecule has 1 aliphatic heterocycles. The number of nitrogens with one attached hydrogen (secondary N) is 1. The number of ether oxygens (including phenoxy) is 3. The highest BCUT2D eigenvalue weighted by Gasteiger charge is 2.22. The Morgan fingerprint density at radius 1 is 0.771 bits per heavy atom. The van der Waals surface area contributed by atoms with E-state index in [0.29, 0.717) is 72.1 Å². The molecule has 0 spiro atoms. The molecule has 1 rings (SSSR count). The number of unbranched alkanes of at least 4 members (excludes halogenated alkanes) is 2. The summed E-state index contributed by atoms with van der Waals surface area (Å²) in [4.78, 5) is 43.0. The molecule has 0 bridgehead atoms.